The standard InChI is InChI=1S/C19H17FN6O2S/c1-11-17(14-6-3-7-15(18(14)24-11)29(21,27)28)19-25-16(10-23-26-19)22-9-12-4-2-5-13(20)8-12/h2-8,10,24H,9H2,1H3,(H2,21,27,28)(H,22,25,26). The quantitative estimate of drug-likeness (QED) is 0.463. The topological polar surface area (TPSA) is 127 Å². The number of aromatic nitrogens is 4. The van der Waals surface area contributed by atoms with Crippen molar-refractivity contribution in [2.75, 3.05) is 5.32 Å². The highest BCUT2D eigenvalue weighted by atomic mass is 32.2. The van der Waals surface area contributed by atoms with Gasteiger partial charge in [-0.2, -0.15) is 5.10 Å². The molecule has 4 aromatic rings. The Hall–Kier alpha value is -3.37. The van der Waals surface area contributed by atoms with Gasteiger partial charge in [-0.3, -0.25) is 0 Å². The number of sulfonamides is 1. The lowest BCUT2D eigenvalue weighted by Gasteiger charge is -2.07. The summed E-state index contributed by atoms with van der Waals surface area (Å²) < 4.78 is 37.1. The van der Waals surface area contributed by atoms with Gasteiger partial charge in [-0.15, -0.1) is 5.10 Å². The van der Waals surface area contributed by atoms with Crippen LogP contribution in [0.5, 0.6) is 0 Å². The Morgan fingerprint density at radius 1 is 1.21 bits per heavy atom. The number of nitrogens with two attached hydrogens (primary N) is 1. The van der Waals surface area contributed by atoms with Crippen LogP contribution in [0.15, 0.2) is 53.6 Å². The van der Waals surface area contributed by atoms with Crippen molar-refractivity contribution in [1.82, 2.24) is 20.2 Å². The second-order valence-electron chi connectivity index (χ2n) is 6.50. The summed E-state index contributed by atoms with van der Waals surface area (Å²) in [6.45, 7) is 2.15. The molecule has 0 amide bonds. The number of primary sulfonamides is 1. The van der Waals surface area contributed by atoms with E-state index in [1.807, 2.05) is 0 Å². The molecule has 8 nitrogen and oxygen atoms in total. The third-order valence-corrected chi connectivity index (χ3v) is 5.39. The van der Waals surface area contributed by atoms with Crippen molar-refractivity contribution in [3.8, 4) is 11.4 Å². The molecule has 148 valence electrons. The van der Waals surface area contributed by atoms with E-state index in [1.165, 1.54) is 24.4 Å². The van der Waals surface area contributed by atoms with E-state index in [4.69, 9.17) is 5.14 Å². The highest BCUT2D eigenvalue weighted by molar-refractivity contribution is 7.89. The first-order valence-corrected chi connectivity index (χ1v) is 10.2. The molecule has 2 aromatic heterocycles. The van der Waals surface area contributed by atoms with E-state index in [9.17, 15) is 12.8 Å². The Bertz CT molecular complexity index is 1320. The summed E-state index contributed by atoms with van der Waals surface area (Å²) in [4.78, 5) is 7.53. The number of H-pyrrole nitrogens is 1. The van der Waals surface area contributed by atoms with Crippen molar-refractivity contribution in [1.29, 1.82) is 0 Å². The van der Waals surface area contributed by atoms with Crippen molar-refractivity contribution >= 4 is 26.7 Å². The smallest absolute Gasteiger partial charge is 0.240 e. The minimum Gasteiger partial charge on any atom is -0.365 e. The predicted molar refractivity (Wildman–Crippen MR) is 107 cm³/mol. The van der Waals surface area contributed by atoms with Gasteiger partial charge in [0.2, 0.25) is 10.0 Å². The Balaban J connectivity index is 1.72. The fraction of sp³-hybridized carbons (Fsp3) is 0.105. The van der Waals surface area contributed by atoms with E-state index in [1.54, 1.807) is 31.2 Å². The molecule has 0 radical (unpaired) electrons. The van der Waals surface area contributed by atoms with Gasteiger partial charge < -0.3 is 10.3 Å². The number of nitrogens with one attached hydrogen (secondary N) is 2. The first-order chi connectivity index (χ1) is 13.8. The minimum atomic E-state index is -3.90. The van der Waals surface area contributed by atoms with Gasteiger partial charge in [0.25, 0.3) is 0 Å². The van der Waals surface area contributed by atoms with E-state index >= 15 is 0 Å². The molecular weight excluding hydrogens is 395 g/mol. The Kier molecular flexibility index (Phi) is 4.73. The van der Waals surface area contributed by atoms with Gasteiger partial charge in [0.15, 0.2) is 5.82 Å². The molecule has 4 N–H and O–H groups in total. The van der Waals surface area contributed by atoms with Gasteiger partial charge in [-0.05, 0) is 30.7 Å². The third kappa shape index (κ3) is 3.80. The average molecular weight is 412 g/mol. The number of aryl methyl sites for hydroxylation is 1. The summed E-state index contributed by atoms with van der Waals surface area (Å²) in [6.07, 6.45) is 1.46. The number of fused-ring (bicyclic) bond motifs is 1. The van der Waals surface area contributed by atoms with Crippen LogP contribution in [0.25, 0.3) is 22.3 Å². The van der Waals surface area contributed by atoms with E-state index in [2.05, 4.69) is 25.5 Å². The number of hydrogen-bond donors (Lipinski definition) is 3. The number of para-hydroxylation sites is 1. The number of hydrogen-bond acceptors (Lipinski definition) is 6. The van der Waals surface area contributed by atoms with Gasteiger partial charge in [0, 0.05) is 23.2 Å². The molecule has 0 aliphatic carbocycles. The van der Waals surface area contributed by atoms with E-state index in [0.717, 1.165) is 5.56 Å². The van der Waals surface area contributed by atoms with Crippen LogP contribution in [-0.2, 0) is 16.6 Å². The number of anilines is 1. The van der Waals surface area contributed by atoms with Gasteiger partial charge in [-0.25, -0.2) is 22.9 Å². The summed E-state index contributed by atoms with van der Waals surface area (Å²) in [5.74, 6) is 0.464. The number of aromatic amines is 1. The summed E-state index contributed by atoms with van der Waals surface area (Å²) in [5.41, 5.74) is 2.46. The van der Waals surface area contributed by atoms with Gasteiger partial charge in [0.1, 0.15) is 16.5 Å². The second-order valence-corrected chi connectivity index (χ2v) is 8.03. The van der Waals surface area contributed by atoms with Gasteiger partial charge >= 0.3 is 0 Å². The number of benzene rings is 2. The van der Waals surface area contributed by atoms with E-state index in [-0.39, 0.29) is 10.7 Å². The highest BCUT2D eigenvalue weighted by Gasteiger charge is 2.20. The molecule has 0 aliphatic rings. The zero-order chi connectivity index (χ0) is 20.6. The molecule has 0 bridgehead atoms. The second kappa shape index (κ2) is 7.22. The van der Waals surface area contributed by atoms with E-state index in [0.29, 0.717) is 40.3 Å². The third-order valence-electron chi connectivity index (χ3n) is 4.43. The molecule has 0 unspecified atom stereocenters. The van der Waals surface area contributed by atoms with Gasteiger partial charge in [0.05, 0.1) is 11.7 Å². The SMILES string of the molecule is Cc1[nH]c2c(S(N)(=O)=O)cccc2c1-c1nncc(NCc2cccc(F)c2)n1. The van der Waals surface area contributed by atoms with Crippen LogP contribution in [-0.4, -0.2) is 28.6 Å². The molecule has 0 fully saturated rings. The Labute approximate surface area is 166 Å². The lowest BCUT2D eigenvalue weighted by Crippen LogP contribution is -2.12. The minimum absolute atomic E-state index is 0.00214. The Morgan fingerprint density at radius 2 is 2.00 bits per heavy atom. The van der Waals surface area contributed by atoms with Crippen LogP contribution >= 0.6 is 0 Å². The monoisotopic (exact) mass is 412 g/mol. The van der Waals surface area contributed by atoms with Crippen LogP contribution in [0, 0.1) is 12.7 Å². The molecule has 0 spiro atoms. The maximum absolute atomic E-state index is 13.3. The first-order valence-electron chi connectivity index (χ1n) is 8.65. The largest absolute Gasteiger partial charge is 0.365 e. The predicted octanol–water partition coefficient (Wildman–Crippen LogP) is 2.73. The zero-order valence-electron chi connectivity index (χ0n) is 15.3. The molecule has 29 heavy (non-hydrogen) atoms. The molecule has 2 aromatic carbocycles. The van der Waals surface area contributed by atoms with Crippen molar-refractivity contribution in [2.45, 2.75) is 18.4 Å². The maximum Gasteiger partial charge on any atom is 0.240 e. The first kappa shape index (κ1) is 19.0. The Morgan fingerprint density at radius 3 is 2.76 bits per heavy atom. The van der Waals surface area contributed by atoms with E-state index < -0.39 is 10.0 Å². The highest BCUT2D eigenvalue weighted by Crippen LogP contribution is 2.33. The lowest BCUT2D eigenvalue weighted by molar-refractivity contribution is 0.598. The fourth-order valence-electron chi connectivity index (χ4n) is 3.18. The van der Waals surface area contributed by atoms with Crippen molar-refractivity contribution in [3.05, 3.63) is 65.7 Å². The average Bonchev–Trinajstić information content (AvgIpc) is 3.01. The molecule has 2 heterocycles. The summed E-state index contributed by atoms with van der Waals surface area (Å²) in [7, 11) is -3.90. The molecular formula is C19H17FN6O2S. The zero-order valence-corrected chi connectivity index (χ0v) is 16.2. The maximum atomic E-state index is 13.3. The molecule has 0 atom stereocenters. The molecule has 10 heteroatoms. The van der Waals surface area contributed by atoms with Crippen LogP contribution in [0.2, 0.25) is 0 Å². The van der Waals surface area contributed by atoms with Crippen molar-refractivity contribution < 1.29 is 12.8 Å². The lowest BCUT2D eigenvalue weighted by atomic mass is 10.1. The van der Waals surface area contributed by atoms with Crippen LogP contribution < -0.4 is 10.5 Å². The number of nitrogens with zero attached hydrogens (tertiary/aromatic N) is 3. The fourth-order valence-corrected chi connectivity index (χ4v) is 3.89. The van der Waals surface area contributed by atoms with Gasteiger partial charge in [-0.1, -0.05) is 24.3 Å². The molecule has 0 saturated carbocycles. The van der Waals surface area contributed by atoms with Crippen LogP contribution in [0.4, 0.5) is 10.2 Å². The summed E-state index contributed by atoms with van der Waals surface area (Å²) in [5, 5.41) is 17.1. The van der Waals surface area contributed by atoms with Crippen molar-refractivity contribution in [2.24, 2.45) is 5.14 Å². The van der Waals surface area contributed by atoms with Crippen LogP contribution in [0.1, 0.15) is 11.3 Å². The number of rotatable bonds is 5. The number of halogens is 1. The molecule has 0 saturated heterocycles. The van der Waals surface area contributed by atoms with Crippen LogP contribution in [0.3, 0.4) is 0 Å². The summed E-state index contributed by atoms with van der Waals surface area (Å²) in [6, 6.07) is 11.0. The normalized spacial score (nSPS) is 11.7. The molecule has 0 aliphatic heterocycles. The molecule has 4 rings (SSSR count). The van der Waals surface area contributed by atoms with Crippen molar-refractivity contribution in [3.63, 3.8) is 0 Å². The summed E-state index contributed by atoms with van der Waals surface area (Å²) >= 11 is 0.